The van der Waals surface area contributed by atoms with E-state index in [4.69, 9.17) is 5.11 Å². The van der Waals surface area contributed by atoms with E-state index in [0.717, 1.165) is 5.56 Å². The Kier molecular flexibility index (Phi) is 6.83. The molecule has 2 unspecified atom stereocenters. The summed E-state index contributed by atoms with van der Waals surface area (Å²) >= 11 is 0. The van der Waals surface area contributed by atoms with Crippen LogP contribution < -0.4 is 5.32 Å². The minimum atomic E-state index is -4.68. The molecule has 1 aromatic carbocycles. The van der Waals surface area contributed by atoms with Gasteiger partial charge in [0.2, 0.25) is 5.91 Å². The molecule has 0 radical (unpaired) electrons. The molecule has 1 rings (SSSR count). The van der Waals surface area contributed by atoms with Crippen LogP contribution in [0, 0.1) is 0 Å². The van der Waals surface area contributed by atoms with E-state index in [9.17, 15) is 18.0 Å². The molecule has 1 aromatic rings. The van der Waals surface area contributed by atoms with Crippen LogP contribution in [0.15, 0.2) is 30.3 Å². The number of nitrogens with one attached hydrogen (secondary N) is 1. The Morgan fingerprint density at radius 2 is 1.91 bits per heavy atom. The van der Waals surface area contributed by atoms with Gasteiger partial charge in [0.1, 0.15) is 0 Å². The van der Waals surface area contributed by atoms with Gasteiger partial charge in [0, 0.05) is 13.1 Å². The Balaban J connectivity index is 2.38. The highest BCUT2D eigenvalue weighted by atomic mass is 19.4. The minimum Gasteiger partial charge on any atom is -0.382 e. The third kappa shape index (κ3) is 6.03. The molecule has 0 fully saturated rings. The molecule has 0 aliphatic rings. The van der Waals surface area contributed by atoms with Crippen molar-refractivity contribution >= 4 is 5.91 Å². The monoisotopic (exact) mass is 318 g/mol. The Morgan fingerprint density at radius 1 is 1.32 bits per heavy atom. The second-order valence-electron chi connectivity index (χ2n) is 5.20. The van der Waals surface area contributed by atoms with Gasteiger partial charge in [-0.05, 0) is 26.0 Å². The Labute approximate surface area is 127 Å². The molecule has 0 aromatic heterocycles. The van der Waals surface area contributed by atoms with Crippen LogP contribution >= 0.6 is 0 Å². The number of carbonyl (C=O) groups excluding carboxylic acids is 1. The van der Waals surface area contributed by atoms with Gasteiger partial charge in [-0.3, -0.25) is 9.69 Å². The van der Waals surface area contributed by atoms with Crippen molar-refractivity contribution in [2.24, 2.45) is 0 Å². The molecular formula is C15H21F3N2O2. The Bertz CT molecular complexity index is 466. The van der Waals surface area contributed by atoms with E-state index in [1.165, 1.54) is 18.9 Å². The van der Waals surface area contributed by atoms with Crippen LogP contribution in [0.3, 0.4) is 0 Å². The highest BCUT2D eigenvalue weighted by Crippen LogP contribution is 2.20. The summed E-state index contributed by atoms with van der Waals surface area (Å²) in [5.74, 6) is -0.368. The lowest BCUT2D eigenvalue weighted by atomic mass is 10.1. The number of amides is 1. The summed E-state index contributed by atoms with van der Waals surface area (Å²) in [6, 6.07) is 8.79. The third-order valence-electron chi connectivity index (χ3n) is 3.44. The average Bonchev–Trinajstić information content (AvgIpc) is 2.46. The number of benzene rings is 1. The number of aliphatic hydroxyl groups is 1. The number of rotatable bonds is 7. The molecule has 0 bridgehead atoms. The largest absolute Gasteiger partial charge is 0.415 e. The van der Waals surface area contributed by atoms with Gasteiger partial charge in [-0.15, -0.1) is 0 Å². The summed E-state index contributed by atoms with van der Waals surface area (Å²) in [5.41, 5.74) is 1.07. The topological polar surface area (TPSA) is 52.6 Å². The van der Waals surface area contributed by atoms with Gasteiger partial charge in [0.15, 0.2) is 6.10 Å². The van der Waals surface area contributed by atoms with Crippen LogP contribution in [0.4, 0.5) is 13.2 Å². The van der Waals surface area contributed by atoms with Crippen LogP contribution in [-0.4, -0.2) is 54.4 Å². The zero-order valence-electron chi connectivity index (χ0n) is 12.6. The normalized spacial score (nSPS) is 14.7. The summed E-state index contributed by atoms with van der Waals surface area (Å²) in [7, 11) is 1.37. The number of aliphatic hydroxyl groups excluding tert-OH is 1. The lowest BCUT2D eigenvalue weighted by Crippen LogP contribution is -2.48. The Hall–Kier alpha value is -1.60. The first kappa shape index (κ1) is 18.4. The van der Waals surface area contributed by atoms with E-state index in [1.54, 1.807) is 0 Å². The van der Waals surface area contributed by atoms with Crippen molar-refractivity contribution in [1.29, 1.82) is 0 Å². The quantitative estimate of drug-likeness (QED) is 0.803. The van der Waals surface area contributed by atoms with Crippen molar-refractivity contribution in [3.05, 3.63) is 35.9 Å². The highest BCUT2D eigenvalue weighted by molar-refractivity contribution is 5.81. The first-order valence-corrected chi connectivity index (χ1v) is 6.98. The number of nitrogens with zero attached hydrogens (tertiary/aromatic N) is 1. The van der Waals surface area contributed by atoms with Crippen molar-refractivity contribution < 1.29 is 23.1 Å². The van der Waals surface area contributed by atoms with E-state index in [-0.39, 0.29) is 5.91 Å². The first-order valence-electron chi connectivity index (χ1n) is 6.98. The lowest BCUT2D eigenvalue weighted by molar-refractivity contribution is -0.208. The SMILES string of the molecule is CC(C(=O)NCCc1ccccc1)N(C)CC(O)C(F)(F)F. The number of alkyl halides is 3. The van der Waals surface area contributed by atoms with E-state index < -0.39 is 24.9 Å². The maximum Gasteiger partial charge on any atom is 0.415 e. The number of hydrogen-bond donors (Lipinski definition) is 2. The highest BCUT2D eigenvalue weighted by Gasteiger charge is 2.39. The molecular weight excluding hydrogens is 297 g/mol. The van der Waals surface area contributed by atoms with E-state index in [0.29, 0.717) is 13.0 Å². The molecule has 4 nitrogen and oxygen atoms in total. The van der Waals surface area contributed by atoms with Crippen LogP contribution in [0.25, 0.3) is 0 Å². The molecule has 0 aliphatic heterocycles. The lowest BCUT2D eigenvalue weighted by Gasteiger charge is -2.27. The third-order valence-corrected chi connectivity index (χ3v) is 3.44. The van der Waals surface area contributed by atoms with Crippen molar-refractivity contribution in [3.63, 3.8) is 0 Å². The molecule has 1 amide bonds. The van der Waals surface area contributed by atoms with Gasteiger partial charge < -0.3 is 10.4 Å². The minimum absolute atomic E-state index is 0.368. The fourth-order valence-corrected chi connectivity index (χ4v) is 1.86. The number of hydrogen-bond acceptors (Lipinski definition) is 3. The van der Waals surface area contributed by atoms with E-state index >= 15 is 0 Å². The molecule has 0 spiro atoms. The summed E-state index contributed by atoms with van der Waals surface area (Å²) in [6.45, 7) is 1.26. The standard InChI is InChI=1S/C15H21F3N2O2/c1-11(20(2)10-13(21)15(16,17)18)14(22)19-9-8-12-6-4-3-5-7-12/h3-7,11,13,21H,8-10H2,1-2H3,(H,19,22). The summed E-state index contributed by atoms with van der Waals surface area (Å²) in [5, 5.41) is 11.7. The zero-order valence-corrected chi connectivity index (χ0v) is 12.6. The van der Waals surface area contributed by atoms with Gasteiger partial charge in [-0.1, -0.05) is 30.3 Å². The van der Waals surface area contributed by atoms with Crippen LogP contribution in [0.5, 0.6) is 0 Å². The summed E-state index contributed by atoms with van der Waals surface area (Å²) in [6.07, 6.45) is -6.50. The second kappa shape index (κ2) is 8.14. The number of halogens is 3. The van der Waals surface area contributed by atoms with Crippen molar-refractivity contribution in [2.75, 3.05) is 20.1 Å². The molecule has 7 heteroatoms. The van der Waals surface area contributed by atoms with Gasteiger partial charge >= 0.3 is 6.18 Å². The average molecular weight is 318 g/mol. The fourth-order valence-electron chi connectivity index (χ4n) is 1.86. The number of likely N-dealkylation sites (N-methyl/N-ethyl adjacent to an activating group) is 1. The van der Waals surface area contributed by atoms with Gasteiger partial charge in [0.25, 0.3) is 0 Å². The first-order chi connectivity index (χ1) is 10.2. The van der Waals surface area contributed by atoms with Crippen molar-refractivity contribution in [2.45, 2.75) is 31.7 Å². The molecule has 0 saturated heterocycles. The summed E-state index contributed by atoms with van der Waals surface area (Å²) < 4.78 is 36.9. The molecule has 22 heavy (non-hydrogen) atoms. The van der Waals surface area contributed by atoms with E-state index in [1.807, 2.05) is 30.3 Å². The number of carbonyl (C=O) groups is 1. The van der Waals surface area contributed by atoms with Gasteiger partial charge in [0.05, 0.1) is 6.04 Å². The molecule has 0 saturated carbocycles. The second-order valence-corrected chi connectivity index (χ2v) is 5.20. The molecule has 0 aliphatic carbocycles. The molecule has 0 heterocycles. The molecule has 124 valence electrons. The van der Waals surface area contributed by atoms with Crippen molar-refractivity contribution in [3.8, 4) is 0 Å². The van der Waals surface area contributed by atoms with Gasteiger partial charge in [-0.25, -0.2) is 0 Å². The van der Waals surface area contributed by atoms with E-state index in [2.05, 4.69) is 5.32 Å². The van der Waals surface area contributed by atoms with Crippen LogP contribution in [-0.2, 0) is 11.2 Å². The maximum absolute atomic E-state index is 12.3. The smallest absolute Gasteiger partial charge is 0.382 e. The predicted octanol–water partition coefficient (Wildman–Crippen LogP) is 1.59. The zero-order chi connectivity index (χ0) is 16.8. The molecule has 2 N–H and O–H groups in total. The van der Waals surface area contributed by atoms with Crippen LogP contribution in [0.2, 0.25) is 0 Å². The fraction of sp³-hybridized carbons (Fsp3) is 0.533. The van der Waals surface area contributed by atoms with Crippen molar-refractivity contribution in [1.82, 2.24) is 10.2 Å². The Morgan fingerprint density at radius 3 is 2.45 bits per heavy atom. The predicted molar refractivity (Wildman–Crippen MR) is 77.3 cm³/mol. The maximum atomic E-state index is 12.3. The van der Waals surface area contributed by atoms with Gasteiger partial charge in [-0.2, -0.15) is 13.2 Å². The molecule has 2 atom stereocenters. The summed E-state index contributed by atoms with van der Waals surface area (Å²) in [4.78, 5) is 13.1. The van der Waals surface area contributed by atoms with Crippen LogP contribution in [0.1, 0.15) is 12.5 Å².